The molecule has 0 bridgehead atoms. The van der Waals surface area contributed by atoms with Crippen molar-refractivity contribution < 1.29 is 18.7 Å². The molecule has 0 radical (unpaired) electrons. The van der Waals surface area contributed by atoms with Gasteiger partial charge in [0.05, 0.1) is 18.2 Å². The highest BCUT2D eigenvalue weighted by molar-refractivity contribution is 7.15. The largest absolute Gasteiger partial charge is 0.466 e. The standard InChI is InChI=1S/C22H24FN3O3S/c1-2-29-21(28)15-9-11-25(12-10-15)20(27)8-7-16-14-30-22-24-19(13-26(16)22)17-5-3-4-6-18(17)23/h3-6,13-15H,2,7-12H2,1H3. The molecule has 30 heavy (non-hydrogen) atoms. The van der Waals surface area contributed by atoms with E-state index in [1.807, 2.05) is 20.9 Å². The molecule has 4 rings (SSSR count). The Morgan fingerprint density at radius 1 is 1.27 bits per heavy atom. The lowest BCUT2D eigenvalue weighted by atomic mass is 9.96. The minimum atomic E-state index is -0.300. The molecule has 0 spiro atoms. The normalized spacial score (nSPS) is 14.9. The molecule has 0 N–H and O–H groups in total. The summed E-state index contributed by atoms with van der Waals surface area (Å²) in [4.78, 5) is 31.6. The van der Waals surface area contributed by atoms with Crippen molar-refractivity contribution in [1.82, 2.24) is 14.3 Å². The number of fused-ring (bicyclic) bond motifs is 1. The Balaban J connectivity index is 1.37. The number of benzene rings is 1. The summed E-state index contributed by atoms with van der Waals surface area (Å²) in [6.45, 7) is 3.37. The zero-order chi connectivity index (χ0) is 21.1. The Labute approximate surface area is 178 Å². The van der Waals surface area contributed by atoms with Crippen LogP contribution in [0.5, 0.6) is 0 Å². The van der Waals surface area contributed by atoms with Gasteiger partial charge in [-0.15, -0.1) is 11.3 Å². The number of amides is 1. The first-order valence-corrected chi connectivity index (χ1v) is 11.1. The van der Waals surface area contributed by atoms with E-state index in [1.165, 1.54) is 17.4 Å². The molecule has 8 heteroatoms. The topological polar surface area (TPSA) is 63.9 Å². The number of esters is 1. The molecule has 1 aliphatic rings. The van der Waals surface area contributed by atoms with E-state index in [4.69, 9.17) is 4.74 Å². The lowest BCUT2D eigenvalue weighted by Gasteiger charge is -2.31. The number of thiazole rings is 1. The molecule has 0 aliphatic carbocycles. The van der Waals surface area contributed by atoms with Gasteiger partial charge in [0.15, 0.2) is 4.96 Å². The summed E-state index contributed by atoms with van der Waals surface area (Å²) in [6, 6.07) is 6.58. The average molecular weight is 430 g/mol. The van der Waals surface area contributed by atoms with E-state index in [0.717, 1.165) is 10.7 Å². The number of aryl methyl sites for hydroxylation is 1. The Kier molecular flexibility index (Phi) is 6.13. The zero-order valence-electron chi connectivity index (χ0n) is 16.8. The lowest BCUT2D eigenvalue weighted by molar-refractivity contribution is -0.151. The summed E-state index contributed by atoms with van der Waals surface area (Å²) in [7, 11) is 0. The van der Waals surface area contributed by atoms with Crippen LogP contribution in [0.3, 0.4) is 0 Å². The smallest absolute Gasteiger partial charge is 0.309 e. The molecule has 1 fully saturated rings. The number of carbonyl (C=O) groups excluding carboxylic acids is 2. The van der Waals surface area contributed by atoms with Crippen LogP contribution in [0.4, 0.5) is 4.39 Å². The van der Waals surface area contributed by atoms with Crippen molar-refractivity contribution in [3.63, 3.8) is 0 Å². The molecule has 1 saturated heterocycles. The Morgan fingerprint density at radius 3 is 2.77 bits per heavy atom. The van der Waals surface area contributed by atoms with Gasteiger partial charge in [-0.1, -0.05) is 12.1 Å². The summed E-state index contributed by atoms with van der Waals surface area (Å²) in [5.41, 5.74) is 2.05. The number of imidazole rings is 1. The molecule has 1 amide bonds. The number of hydrogen-bond donors (Lipinski definition) is 0. The predicted octanol–water partition coefficient (Wildman–Crippen LogP) is 3.94. The number of hydrogen-bond acceptors (Lipinski definition) is 5. The van der Waals surface area contributed by atoms with E-state index in [0.29, 0.717) is 56.6 Å². The molecular weight excluding hydrogens is 405 g/mol. The number of carbonyl (C=O) groups is 2. The van der Waals surface area contributed by atoms with Crippen molar-refractivity contribution in [1.29, 1.82) is 0 Å². The number of aromatic nitrogens is 2. The minimum absolute atomic E-state index is 0.0890. The number of ether oxygens (including phenoxy) is 1. The van der Waals surface area contributed by atoms with E-state index < -0.39 is 0 Å². The van der Waals surface area contributed by atoms with Crippen molar-refractivity contribution in [2.45, 2.75) is 32.6 Å². The van der Waals surface area contributed by atoms with Crippen LogP contribution < -0.4 is 0 Å². The van der Waals surface area contributed by atoms with Crippen molar-refractivity contribution in [3.8, 4) is 11.3 Å². The molecule has 1 aromatic carbocycles. The monoisotopic (exact) mass is 429 g/mol. The molecule has 0 unspecified atom stereocenters. The van der Waals surface area contributed by atoms with Crippen molar-refractivity contribution in [3.05, 3.63) is 47.4 Å². The average Bonchev–Trinajstić information content (AvgIpc) is 3.34. The van der Waals surface area contributed by atoms with Gasteiger partial charge in [0, 0.05) is 42.3 Å². The maximum Gasteiger partial charge on any atom is 0.309 e. The third-order valence-corrected chi connectivity index (χ3v) is 6.38. The Morgan fingerprint density at radius 2 is 2.03 bits per heavy atom. The first-order chi connectivity index (χ1) is 14.6. The van der Waals surface area contributed by atoms with E-state index in [9.17, 15) is 14.0 Å². The number of halogens is 1. The summed E-state index contributed by atoms with van der Waals surface area (Å²) in [5.74, 6) is -0.471. The van der Waals surface area contributed by atoms with Crippen LogP contribution in [-0.4, -0.2) is 45.9 Å². The van der Waals surface area contributed by atoms with Crippen molar-refractivity contribution in [2.24, 2.45) is 5.92 Å². The summed E-state index contributed by atoms with van der Waals surface area (Å²) >= 11 is 1.48. The molecule has 158 valence electrons. The number of piperidine rings is 1. The van der Waals surface area contributed by atoms with Crippen molar-refractivity contribution in [2.75, 3.05) is 19.7 Å². The molecule has 0 saturated carbocycles. The van der Waals surface area contributed by atoms with Crippen LogP contribution in [0.2, 0.25) is 0 Å². The fraction of sp³-hybridized carbons (Fsp3) is 0.409. The fourth-order valence-electron chi connectivity index (χ4n) is 3.83. The van der Waals surface area contributed by atoms with Gasteiger partial charge >= 0.3 is 5.97 Å². The van der Waals surface area contributed by atoms with E-state index in [2.05, 4.69) is 4.98 Å². The highest BCUT2D eigenvalue weighted by Crippen LogP contribution is 2.26. The number of likely N-dealkylation sites (tertiary alicyclic amines) is 1. The highest BCUT2D eigenvalue weighted by Gasteiger charge is 2.28. The lowest BCUT2D eigenvalue weighted by Crippen LogP contribution is -2.40. The number of rotatable bonds is 6. The molecular formula is C22H24FN3O3S. The fourth-order valence-corrected chi connectivity index (χ4v) is 4.73. The molecule has 6 nitrogen and oxygen atoms in total. The second-order valence-corrected chi connectivity index (χ2v) is 8.23. The maximum atomic E-state index is 14.1. The predicted molar refractivity (Wildman–Crippen MR) is 113 cm³/mol. The molecule has 3 aromatic rings. The molecule has 2 aromatic heterocycles. The van der Waals surface area contributed by atoms with Gasteiger partial charge in [-0.3, -0.25) is 14.0 Å². The van der Waals surface area contributed by atoms with Gasteiger partial charge in [-0.2, -0.15) is 0 Å². The van der Waals surface area contributed by atoms with Crippen LogP contribution in [0.15, 0.2) is 35.8 Å². The highest BCUT2D eigenvalue weighted by atomic mass is 32.1. The summed E-state index contributed by atoms with van der Waals surface area (Å²) in [6.07, 6.45) is 4.11. The zero-order valence-corrected chi connectivity index (χ0v) is 17.7. The first kappa shape index (κ1) is 20.5. The SMILES string of the molecule is CCOC(=O)C1CCN(C(=O)CCc2csc3nc(-c4ccccc4F)cn23)CC1. The first-order valence-electron chi connectivity index (χ1n) is 10.2. The van der Waals surface area contributed by atoms with Crippen LogP contribution in [0.1, 0.15) is 31.9 Å². The van der Waals surface area contributed by atoms with Gasteiger partial charge in [0.25, 0.3) is 0 Å². The van der Waals surface area contributed by atoms with Crippen molar-refractivity contribution >= 4 is 28.2 Å². The Hall–Kier alpha value is -2.74. The van der Waals surface area contributed by atoms with E-state index in [1.54, 1.807) is 25.1 Å². The molecule has 0 atom stereocenters. The van der Waals surface area contributed by atoms with Crippen LogP contribution in [0, 0.1) is 11.7 Å². The summed E-state index contributed by atoms with van der Waals surface area (Å²) < 4.78 is 21.1. The Bertz CT molecular complexity index is 1050. The molecule has 1 aliphatic heterocycles. The second-order valence-electron chi connectivity index (χ2n) is 7.39. The third-order valence-electron chi connectivity index (χ3n) is 5.50. The minimum Gasteiger partial charge on any atom is -0.466 e. The molecule has 3 heterocycles. The maximum absolute atomic E-state index is 14.1. The van der Waals surface area contributed by atoms with Gasteiger partial charge in [-0.25, -0.2) is 9.37 Å². The van der Waals surface area contributed by atoms with Crippen LogP contribution >= 0.6 is 11.3 Å². The van der Waals surface area contributed by atoms with Gasteiger partial charge < -0.3 is 9.64 Å². The van der Waals surface area contributed by atoms with Crippen LogP contribution in [0.25, 0.3) is 16.2 Å². The van der Waals surface area contributed by atoms with Gasteiger partial charge in [0.2, 0.25) is 5.91 Å². The quantitative estimate of drug-likeness (QED) is 0.557. The second kappa shape index (κ2) is 8.95. The third kappa shape index (κ3) is 4.23. The van der Waals surface area contributed by atoms with E-state index in [-0.39, 0.29) is 23.6 Å². The number of nitrogens with zero attached hydrogens (tertiary/aromatic N) is 3. The summed E-state index contributed by atoms with van der Waals surface area (Å²) in [5, 5.41) is 1.99. The van der Waals surface area contributed by atoms with Gasteiger partial charge in [-0.05, 0) is 38.3 Å². The van der Waals surface area contributed by atoms with Gasteiger partial charge in [0.1, 0.15) is 5.82 Å². The van der Waals surface area contributed by atoms with Crippen LogP contribution in [-0.2, 0) is 20.7 Å². The van der Waals surface area contributed by atoms with E-state index >= 15 is 0 Å².